The van der Waals surface area contributed by atoms with Crippen LogP contribution in [-0.4, -0.2) is 34.2 Å². The molecule has 0 spiro atoms. The number of benzene rings is 1. The summed E-state index contributed by atoms with van der Waals surface area (Å²) in [5.41, 5.74) is 7.08. The molecule has 0 aliphatic carbocycles. The van der Waals surface area contributed by atoms with Crippen LogP contribution in [-0.2, 0) is 0 Å². The van der Waals surface area contributed by atoms with Crippen molar-refractivity contribution in [3.8, 4) is 11.5 Å². The van der Waals surface area contributed by atoms with Crippen LogP contribution in [0.15, 0.2) is 18.2 Å². The Morgan fingerprint density at radius 2 is 1.95 bits per heavy atom. The van der Waals surface area contributed by atoms with Gasteiger partial charge in [-0.1, -0.05) is 13.3 Å². The Bertz CT molecular complexity index is 416. The second-order valence-electron chi connectivity index (χ2n) is 5.57. The van der Waals surface area contributed by atoms with Gasteiger partial charge < -0.3 is 15.9 Å². The first kappa shape index (κ1) is 14.2. The molecule has 0 amide bonds. The Balaban J connectivity index is 2.12. The van der Waals surface area contributed by atoms with Crippen LogP contribution < -0.4 is 5.73 Å². The molecule has 1 aliphatic rings. The average Bonchev–Trinajstić information content (AvgIpc) is 2.37. The topological polar surface area (TPSA) is 69.7 Å². The van der Waals surface area contributed by atoms with Crippen LogP contribution in [0, 0.1) is 5.92 Å². The lowest BCUT2D eigenvalue weighted by Gasteiger charge is -2.40. The molecule has 106 valence electrons. The molecule has 2 rings (SSSR count). The highest BCUT2D eigenvalue weighted by atomic mass is 16.3. The molecule has 4 N–H and O–H groups in total. The van der Waals surface area contributed by atoms with Gasteiger partial charge in [-0.2, -0.15) is 0 Å². The van der Waals surface area contributed by atoms with Gasteiger partial charge in [-0.05, 0) is 37.0 Å². The number of phenolic OH excluding ortho intramolecular Hbond substituents is 2. The van der Waals surface area contributed by atoms with E-state index >= 15 is 0 Å². The van der Waals surface area contributed by atoms with Gasteiger partial charge in [0.05, 0.1) is 0 Å². The van der Waals surface area contributed by atoms with Crippen LogP contribution in [0.3, 0.4) is 0 Å². The molecule has 3 unspecified atom stereocenters. The first-order valence-corrected chi connectivity index (χ1v) is 7.03. The van der Waals surface area contributed by atoms with Crippen molar-refractivity contribution in [3.63, 3.8) is 0 Å². The number of hydrogen-bond acceptors (Lipinski definition) is 4. The van der Waals surface area contributed by atoms with Crippen LogP contribution >= 0.6 is 0 Å². The van der Waals surface area contributed by atoms with Crippen molar-refractivity contribution >= 4 is 0 Å². The van der Waals surface area contributed by atoms with Gasteiger partial charge in [0.2, 0.25) is 0 Å². The Labute approximate surface area is 114 Å². The second kappa shape index (κ2) is 5.80. The molecular formula is C15H24N2O2. The molecule has 1 aromatic rings. The zero-order chi connectivity index (χ0) is 14.0. The van der Waals surface area contributed by atoms with Crippen molar-refractivity contribution < 1.29 is 10.2 Å². The molecule has 4 heteroatoms. The lowest BCUT2D eigenvalue weighted by Crippen LogP contribution is -2.47. The predicted molar refractivity (Wildman–Crippen MR) is 76.1 cm³/mol. The quantitative estimate of drug-likeness (QED) is 0.783. The molecule has 0 aromatic heterocycles. The van der Waals surface area contributed by atoms with E-state index in [4.69, 9.17) is 5.73 Å². The summed E-state index contributed by atoms with van der Waals surface area (Å²) in [6.07, 6.45) is 2.10. The first-order valence-electron chi connectivity index (χ1n) is 7.03. The fourth-order valence-corrected chi connectivity index (χ4v) is 2.93. The first-order chi connectivity index (χ1) is 9.01. The van der Waals surface area contributed by atoms with E-state index in [0.29, 0.717) is 12.0 Å². The number of likely N-dealkylation sites (tertiary alicyclic amines) is 1. The van der Waals surface area contributed by atoms with Gasteiger partial charge in [-0.3, -0.25) is 4.90 Å². The van der Waals surface area contributed by atoms with E-state index in [9.17, 15) is 10.2 Å². The molecular weight excluding hydrogens is 240 g/mol. The number of hydrogen-bond donors (Lipinski definition) is 3. The maximum Gasteiger partial charge on any atom is 0.119 e. The normalized spacial score (nSPS) is 26.3. The Morgan fingerprint density at radius 1 is 1.32 bits per heavy atom. The van der Waals surface area contributed by atoms with Crippen LogP contribution in [0.4, 0.5) is 0 Å². The fourth-order valence-electron chi connectivity index (χ4n) is 2.93. The number of rotatable bonds is 3. The van der Waals surface area contributed by atoms with Crippen LogP contribution in [0.1, 0.15) is 38.3 Å². The van der Waals surface area contributed by atoms with E-state index < -0.39 is 0 Å². The van der Waals surface area contributed by atoms with Gasteiger partial charge in [0.25, 0.3) is 0 Å². The van der Waals surface area contributed by atoms with Gasteiger partial charge in [0.1, 0.15) is 11.5 Å². The number of piperidine rings is 1. The zero-order valence-corrected chi connectivity index (χ0v) is 11.7. The van der Waals surface area contributed by atoms with E-state index in [1.54, 1.807) is 12.1 Å². The minimum absolute atomic E-state index is 0.114. The summed E-state index contributed by atoms with van der Waals surface area (Å²) >= 11 is 0. The summed E-state index contributed by atoms with van der Waals surface area (Å²) in [6.45, 7) is 6.24. The third-order valence-corrected chi connectivity index (χ3v) is 4.30. The van der Waals surface area contributed by atoms with E-state index in [-0.39, 0.29) is 17.5 Å². The highest BCUT2D eigenvalue weighted by molar-refractivity contribution is 5.38. The number of aromatic hydroxyl groups is 2. The third-order valence-electron chi connectivity index (χ3n) is 4.30. The van der Waals surface area contributed by atoms with E-state index in [2.05, 4.69) is 18.7 Å². The summed E-state index contributed by atoms with van der Waals surface area (Å²) in [5.74, 6) is 0.757. The Hall–Kier alpha value is -1.26. The van der Waals surface area contributed by atoms with Crippen molar-refractivity contribution in [2.24, 2.45) is 11.7 Å². The smallest absolute Gasteiger partial charge is 0.119 e. The van der Waals surface area contributed by atoms with E-state index in [1.165, 1.54) is 6.07 Å². The number of phenols is 2. The summed E-state index contributed by atoms with van der Waals surface area (Å²) < 4.78 is 0. The molecule has 1 fully saturated rings. The second-order valence-corrected chi connectivity index (χ2v) is 5.57. The molecule has 3 atom stereocenters. The van der Waals surface area contributed by atoms with Gasteiger partial charge >= 0.3 is 0 Å². The Kier molecular flexibility index (Phi) is 4.32. The van der Waals surface area contributed by atoms with Gasteiger partial charge in [0.15, 0.2) is 0 Å². The van der Waals surface area contributed by atoms with Crippen LogP contribution in [0.2, 0.25) is 0 Å². The third kappa shape index (κ3) is 3.19. The van der Waals surface area contributed by atoms with Crippen LogP contribution in [0.5, 0.6) is 11.5 Å². The van der Waals surface area contributed by atoms with Gasteiger partial charge in [-0.15, -0.1) is 0 Å². The van der Waals surface area contributed by atoms with Crippen molar-refractivity contribution in [2.45, 2.75) is 38.8 Å². The summed E-state index contributed by atoms with van der Waals surface area (Å²) in [4.78, 5) is 2.38. The summed E-state index contributed by atoms with van der Waals surface area (Å²) in [6, 6.07) is 5.28. The SMILES string of the molecule is CCC1CN(C(C)c2cc(O)cc(O)c2)CCC1N. The highest BCUT2D eigenvalue weighted by Gasteiger charge is 2.28. The molecule has 4 nitrogen and oxygen atoms in total. The Morgan fingerprint density at radius 3 is 2.53 bits per heavy atom. The molecule has 1 saturated heterocycles. The predicted octanol–water partition coefficient (Wildman–Crippen LogP) is 2.22. The minimum Gasteiger partial charge on any atom is -0.508 e. The zero-order valence-electron chi connectivity index (χ0n) is 11.7. The monoisotopic (exact) mass is 264 g/mol. The summed E-state index contributed by atoms with van der Waals surface area (Å²) in [7, 11) is 0. The lowest BCUT2D eigenvalue weighted by molar-refractivity contribution is 0.114. The van der Waals surface area contributed by atoms with E-state index in [1.807, 2.05) is 0 Å². The molecule has 19 heavy (non-hydrogen) atoms. The molecule has 1 aliphatic heterocycles. The maximum atomic E-state index is 9.58. The lowest BCUT2D eigenvalue weighted by atomic mass is 9.89. The summed E-state index contributed by atoms with van der Waals surface area (Å²) in [5, 5.41) is 19.2. The van der Waals surface area contributed by atoms with Crippen molar-refractivity contribution in [1.29, 1.82) is 0 Å². The van der Waals surface area contributed by atoms with Crippen molar-refractivity contribution in [2.75, 3.05) is 13.1 Å². The van der Waals surface area contributed by atoms with E-state index in [0.717, 1.165) is 31.5 Å². The van der Waals surface area contributed by atoms with Crippen molar-refractivity contribution in [3.05, 3.63) is 23.8 Å². The average molecular weight is 264 g/mol. The van der Waals surface area contributed by atoms with Gasteiger partial charge in [-0.25, -0.2) is 0 Å². The molecule has 0 saturated carbocycles. The maximum absolute atomic E-state index is 9.58. The minimum atomic E-state index is 0.114. The number of nitrogens with zero attached hydrogens (tertiary/aromatic N) is 1. The molecule has 1 aromatic carbocycles. The molecule has 0 bridgehead atoms. The van der Waals surface area contributed by atoms with Crippen molar-refractivity contribution in [1.82, 2.24) is 4.90 Å². The highest BCUT2D eigenvalue weighted by Crippen LogP contribution is 2.31. The molecule has 1 heterocycles. The van der Waals surface area contributed by atoms with Gasteiger partial charge in [0, 0.05) is 31.2 Å². The molecule has 0 radical (unpaired) electrons. The fraction of sp³-hybridized carbons (Fsp3) is 0.600. The van der Waals surface area contributed by atoms with Crippen LogP contribution in [0.25, 0.3) is 0 Å². The number of nitrogens with two attached hydrogens (primary N) is 1. The standard InChI is InChI=1S/C15H24N2O2/c1-3-11-9-17(5-4-15(11)16)10(2)12-6-13(18)8-14(19)7-12/h6-8,10-11,15,18-19H,3-5,9,16H2,1-2H3. The largest absolute Gasteiger partial charge is 0.508 e.